The number of carbonyl (C=O) groups excluding carboxylic acids is 1. The molecule has 0 aromatic carbocycles. The van der Waals surface area contributed by atoms with Gasteiger partial charge in [-0.05, 0) is 12.1 Å². The van der Waals surface area contributed by atoms with Crippen LogP contribution in [0.2, 0.25) is 0 Å². The smallest absolute Gasteiger partial charge is 0.251 e. The van der Waals surface area contributed by atoms with Crippen LogP contribution in [-0.2, 0) is 4.79 Å². The number of nitrogens with one attached hydrogen (secondary N) is 2. The van der Waals surface area contributed by atoms with Gasteiger partial charge in [0, 0.05) is 18.5 Å². The van der Waals surface area contributed by atoms with Crippen molar-refractivity contribution in [1.29, 1.82) is 0 Å². The monoisotopic (exact) mass is 281 g/mol. The van der Waals surface area contributed by atoms with Crippen molar-refractivity contribution in [3.63, 3.8) is 0 Å². The zero-order chi connectivity index (χ0) is 9.80. The number of pyridine rings is 1. The van der Waals surface area contributed by atoms with Crippen LogP contribution in [0.3, 0.4) is 0 Å². The second-order valence-electron chi connectivity index (χ2n) is 2.94. The van der Waals surface area contributed by atoms with Crippen molar-refractivity contribution in [3.05, 3.63) is 24.5 Å². The Bertz CT molecular complexity index is 320. The molecule has 1 fully saturated rings. The summed E-state index contributed by atoms with van der Waals surface area (Å²) in [4.78, 5) is 15.5. The number of hydrogen-bond acceptors (Lipinski definition) is 4. The van der Waals surface area contributed by atoms with Gasteiger partial charge in [-0.2, -0.15) is 0 Å². The van der Waals surface area contributed by atoms with Gasteiger partial charge in [-0.3, -0.25) is 15.1 Å². The fraction of sp³-hybridized carbons (Fsp3) is 0.333. The molecule has 2 N–H and O–H groups in total. The average molecular weight is 282 g/mol. The lowest BCUT2D eigenvalue weighted by atomic mass is 10.4. The number of nitrogens with zero attached hydrogens (tertiary/aromatic N) is 1. The first-order chi connectivity index (χ1) is 6.86. The molecule has 0 radical (unpaired) electrons. The molecular weight excluding hydrogens is 269 g/mol. The normalized spacial score (nSPS) is 18.1. The standard InChI is InChI=1S/C9H11N3OS.2ClH/c13-8(9-11-4-5-14-9)12-7-2-1-3-10-6-7;;/h1-3,6,9,11H,4-5H2,(H,12,13);2*1H. The Balaban J connectivity index is 0.00000112. The minimum Gasteiger partial charge on any atom is -0.323 e. The second kappa shape index (κ2) is 7.73. The topological polar surface area (TPSA) is 54.0 Å². The van der Waals surface area contributed by atoms with Gasteiger partial charge in [-0.15, -0.1) is 36.6 Å². The first kappa shape index (κ1) is 15.5. The highest BCUT2D eigenvalue weighted by Crippen LogP contribution is 2.15. The molecular formula is C9H13Cl2N3OS. The van der Waals surface area contributed by atoms with Crippen molar-refractivity contribution in [2.24, 2.45) is 0 Å². The summed E-state index contributed by atoms with van der Waals surface area (Å²) in [5, 5.41) is 5.79. The summed E-state index contributed by atoms with van der Waals surface area (Å²) in [5.74, 6) is 0.992. The molecule has 0 saturated carbocycles. The molecule has 1 amide bonds. The van der Waals surface area contributed by atoms with Crippen LogP contribution >= 0.6 is 36.6 Å². The van der Waals surface area contributed by atoms with Gasteiger partial charge in [0.15, 0.2) is 0 Å². The molecule has 2 heterocycles. The zero-order valence-corrected chi connectivity index (χ0v) is 10.8. The average Bonchev–Trinajstić information content (AvgIpc) is 2.72. The molecule has 0 aliphatic carbocycles. The van der Waals surface area contributed by atoms with E-state index in [9.17, 15) is 4.79 Å². The number of rotatable bonds is 2. The van der Waals surface area contributed by atoms with Crippen molar-refractivity contribution in [2.75, 3.05) is 17.6 Å². The number of anilines is 1. The lowest BCUT2D eigenvalue weighted by Crippen LogP contribution is -2.33. The Kier molecular flexibility index (Phi) is 7.49. The first-order valence-corrected chi connectivity index (χ1v) is 5.47. The van der Waals surface area contributed by atoms with Gasteiger partial charge in [0.25, 0.3) is 5.91 Å². The summed E-state index contributed by atoms with van der Waals surface area (Å²) in [6.07, 6.45) is 3.32. The van der Waals surface area contributed by atoms with E-state index in [1.165, 1.54) is 0 Å². The minimum atomic E-state index is -0.116. The third-order valence-corrected chi connectivity index (χ3v) is 3.04. The van der Waals surface area contributed by atoms with Crippen LogP contribution in [0.4, 0.5) is 5.69 Å². The Morgan fingerprint density at radius 3 is 2.94 bits per heavy atom. The van der Waals surface area contributed by atoms with Crippen molar-refractivity contribution in [2.45, 2.75) is 5.37 Å². The highest BCUT2D eigenvalue weighted by molar-refractivity contribution is 8.00. The molecule has 4 nitrogen and oxygen atoms in total. The van der Waals surface area contributed by atoms with Gasteiger partial charge in [-0.25, -0.2) is 0 Å². The van der Waals surface area contributed by atoms with Crippen LogP contribution in [0, 0.1) is 0 Å². The Labute approximate surface area is 111 Å². The molecule has 1 aromatic rings. The van der Waals surface area contributed by atoms with E-state index in [-0.39, 0.29) is 36.1 Å². The SMILES string of the molecule is Cl.Cl.O=C(Nc1cccnc1)C1NCCS1. The molecule has 0 bridgehead atoms. The van der Waals surface area contributed by atoms with Gasteiger partial charge in [0.2, 0.25) is 0 Å². The maximum absolute atomic E-state index is 11.6. The molecule has 1 unspecified atom stereocenters. The molecule has 1 saturated heterocycles. The van der Waals surface area contributed by atoms with Crippen molar-refractivity contribution >= 4 is 48.2 Å². The zero-order valence-electron chi connectivity index (χ0n) is 8.38. The predicted octanol–water partition coefficient (Wildman–Crippen LogP) is 1.53. The lowest BCUT2D eigenvalue weighted by Gasteiger charge is -2.09. The van der Waals surface area contributed by atoms with Crippen LogP contribution in [0.1, 0.15) is 0 Å². The lowest BCUT2D eigenvalue weighted by molar-refractivity contribution is -0.116. The van der Waals surface area contributed by atoms with E-state index in [0.29, 0.717) is 0 Å². The molecule has 1 aliphatic heterocycles. The Morgan fingerprint density at radius 2 is 2.38 bits per heavy atom. The fourth-order valence-electron chi connectivity index (χ4n) is 1.24. The third kappa shape index (κ3) is 4.17. The van der Waals surface area contributed by atoms with Crippen LogP contribution in [-0.4, -0.2) is 28.6 Å². The number of aromatic nitrogens is 1. The minimum absolute atomic E-state index is 0. The summed E-state index contributed by atoms with van der Waals surface area (Å²) in [5.41, 5.74) is 0.742. The van der Waals surface area contributed by atoms with Gasteiger partial charge in [0.05, 0.1) is 11.9 Å². The summed E-state index contributed by atoms with van der Waals surface area (Å²) in [6, 6.07) is 3.62. The molecule has 7 heteroatoms. The molecule has 2 rings (SSSR count). The first-order valence-electron chi connectivity index (χ1n) is 4.42. The van der Waals surface area contributed by atoms with Crippen molar-refractivity contribution in [3.8, 4) is 0 Å². The quantitative estimate of drug-likeness (QED) is 0.863. The molecule has 1 aromatic heterocycles. The largest absolute Gasteiger partial charge is 0.323 e. The highest BCUT2D eigenvalue weighted by Gasteiger charge is 2.22. The van der Waals surface area contributed by atoms with Crippen molar-refractivity contribution < 1.29 is 4.79 Å². The molecule has 0 spiro atoms. The van der Waals surface area contributed by atoms with Crippen molar-refractivity contribution in [1.82, 2.24) is 10.3 Å². The van der Waals surface area contributed by atoms with E-state index in [1.54, 1.807) is 30.2 Å². The van der Waals surface area contributed by atoms with Crippen LogP contribution in [0.5, 0.6) is 0 Å². The van der Waals surface area contributed by atoms with Gasteiger partial charge < -0.3 is 5.32 Å². The fourth-order valence-corrected chi connectivity index (χ4v) is 2.16. The van der Waals surface area contributed by atoms with Gasteiger partial charge in [0.1, 0.15) is 5.37 Å². The van der Waals surface area contributed by atoms with Crippen LogP contribution in [0.15, 0.2) is 24.5 Å². The summed E-state index contributed by atoms with van der Waals surface area (Å²) < 4.78 is 0. The number of thioether (sulfide) groups is 1. The van der Waals surface area contributed by atoms with Crippen LogP contribution in [0.25, 0.3) is 0 Å². The second-order valence-corrected chi connectivity index (χ2v) is 4.15. The molecule has 1 atom stereocenters. The maximum atomic E-state index is 11.6. The van der Waals surface area contributed by atoms with E-state index < -0.39 is 0 Å². The third-order valence-electron chi connectivity index (χ3n) is 1.88. The van der Waals surface area contributed by atoms with E-state index in [2.05, 4.69) is 15.6 Å². The van der Waals surface area contributed by atoms with E-state index >= 15 is 0 Å². The Hall–Kier alpha value is -0.490. The summed E-state index contributed by atoms with van der Waals surface area (Å²) in [6.45, 7) is 0.899. The number of amides is 1. The van der Waals surface area contributed by atoms with E-state index in [4.69, 9.17) is 0 Å². The molecule has 90 valence electrons. The van der Waals surface area contributed by atoms with E-state index in [0.717, 1.165) is 18.0 Å². The van der Waals surface area contributed by atoms with Gasteiger partial charge in [-0.1, -0.05) is 0 Å². The molecule has 16 heavy (non-hydrogen) atoms. The number of halogens is 2. The summed E-state index contributed by atoms with van der Waals surface area (Å²) in [7, 11) is 0. The number of hydrogen-bond donors (Lipinski definition) is 2. The maximum Gasteiger partial charge on any atom is 0.251 e. The highest BCUT2D eigenvalue weighted by atomic mass is 35.5. The van der Waals surface area contributed by atoms with Crippen LogP contribution < -0.4 is 10.6 Å². The Morgan fingerprint density at radius 1 is 1.56 bits per heavy atom. The van der Waals surface area contributed by atoms with E-state index in [1.807, 2.05) is 6.07 Å². The summed E-state index contributed by atoms with van der Waals surface area (Å²) >= 11 is 1.63. The van der Waals surface area contributed by atoms with Gasteiger partial charge >= 0.3 is 0 Å². The predicted molar refractivity (Wildman–Crippen MR) is 71.6 cm³/mol. The molecule has 1 aliphatic rings. The number of carbonyl (C=O) groups is 1.